The Morgan fingerprint density at radius 1 is 1.37 bits per heavy atom. The maximum Gasteiger partial charge on any atom is 0.255 e. The van der Waals surface area contributed by atoms with Crippen molar-refractivity contribution in [2.45, 2.75) is 43.4 Å². The van der Waals surface area contributed by atoms with Crippen LogP contribution >= 0.6 is 23.1 Å². The van der Waals surface area contributed by atoms with Crippen LogP contribution in [-0.2, 0) is 10.5 Å². The quantitative estimate of drug-likeness (QED) is 0.745. The van der Waals surface area contributed by atoms with Gasteiger partial charge in [0.15, 0.2) is 0 Å². The van der Waals surface area contributed by atoms with E-state index in [-0.39, 0.29) is 23.8 Å². The fourth-order valence-corrected chi connectivity index (χ4v) is 4.66. The van der Waals surface area contributed by atoms with Gasteiger partial charge in [-0.25, -0.2) is 4.98 Å². The summed E-state index contributed by atoms with van der Waals surface area (Å²) in [6.07, 6.45) is 1.82. The molecular formula is C20H25N3O2S2. The first-order valence-electron chi connectivity index (χ1n) is 9.23. The van der Waals surface area contributed by atoms with Gasteiger partial charge < -0.3 is 10.2 Å². The summed E-state index contributed by atoms with van der Waals surface area (Å²) in [5.74, 6) is 0.799. The molecule has 7 heteroatoms. The predicted molar refractivity (Wildman–Crippen MR) is 110 cm³/mol. The number of amides is 2. The molecule has 0 bridgehead atoms. The topological polar surface area (TPSA) is 62.3 Å². The summed E-state index contributed by atoms with van der Waals surface area (Å²) >= 11 is 3.22. The molecule has 1 saturated heterocycles. The lowest BCUT2D eigenvalue weighted by Gasteiger charge is -2.34. The second kappa shape index (κ2) is 9.37. The van der Waals surface area contributed by atoms with Gasteiger partial charge in [0, 0.05) is 41.1 Å². The molecule has 27 heavy (non-hydrogen) atoms. The highest BCUT2D eigenvalue weighted by molar-refractivity contribution is 7.98. The van der Waals surface area contributed by atoms with Crippen LogP contribution < -0.4 is 5.32 Å². The Balaban J connectivity index is 1.67. The largest absolute Gasteiger partial charge is 0.351 e. The van der Waals surface area contributed by atoms with Crippen molar-refractivity contribution in [2.75, 3.05) is 13.1 Å². The van der Waals surface area contributed by atoms with E-state index in [0.29, 0.717) is 6.54 Å². The van der Waals surface area contributed by atoms with Crippen molar-refractivity contribution < 1.29 is 9.59 Å². The third kappa shape index (κ3) is 5.32. The zero-order valence-electron chi connectivity index (χ0n) is 15.7. The SMILES string of the molecule is CC(C)C(=O)NC1CCCN(C(=O)c2ccccc2SCc2cscn2)C1. The van der Waals surface area contributed by atoms with Crippen molar-refractivity contribution in [3.05, 3.63) is 46.4 Å². The first-order valence-corrected chi connectivity index (χ1v) is 11.2. The minimum Gasteiger partial charge on any atom is -0.351 e. The third-order valence-corrected chi connectivity index (χ3v) is 6.30. The average Bonchev–Trinajstić information content (AvgIpc) is 3.20. The number of likely N-dealkylation sites (tertiary alicyclic amines) is 1. The van der Waals surface area contributed by atoms with Gasteiger partial charge in [-0.05, 0) is 25.0 Å². The van der Waals surface area contributed by atoms with Crippen LogP contribution in [0.5, 0.6) is 0 Å². The van der Waals surface area contributed by atoms with Gasteiger partial charge in [0.1, 0.15) is 0 Å². The molecule has 1 fully saturated rings. The lowest BCUT2D eigenvalue weighted by atomic mass is 10.0. The lowest BCUT2D eigenvalue weighted by Crippen LogP contribution is -2.50. The highest BCUT2D eigenvalue weighted by Gasteiger charge is 2.27. The summed E-state index contributed by atoms with van der Waals surface area (Å²) in [6, 6.07) is 7.78. The van der Waals surface area contributed by atoms with Crippen LogP contribution in [0.2, 0.25) is 0 Å². The van der Waals surface area contributed by atoms with Gasteiger partial charge in [-0.1, -0.05) is 26.0 Å². The zero-order valence-corrected chi connectivity index (χ0v) is 17.3. The van der Waals surface area contributed by atoms with Crippen molar-refractivity contribution in [1.29, 1.82) is 0 Å². The number of piperidine rings is 1. The Hall–Kier alpha value is -1.86. The van der Waals surface area contributed by atoms with Crippen molar-refractivity contribution in [3.8, 4) is 0 Å². The minimum absolute atomic E-state index is 0.0346. The molecule has 0 aliphatic carbocycles. The number of hydrogen-bond acceptors (Lipinski definition) is 5. The van der Waals surface area contributed by atoms with Gasteiger partial charge in [0.05, 0.1) is 16.8 Å². The Bertz CT molecular complexity index is 777. The monoisotopic (exact) mass is 403 g/mol. The van der Waals surface area contributed by atoms with Crippen molar-refractivity contribution >= 4 is 34.9 Å². The Kier molecular flexibility index (Phi) is 6.90. The number of carbonyl (C=O) groups excluding carboxylic acids is 2. The van der Waals surface area contributed by atoms with E-state index in [1.807, 2.05) is 53.9 Å². The average molecular weight is 404 g/mol. The van der Waals surface area contributed by atoms with Crippen molar-refractivity contribution in [3.63, 3.8) is 0 Å². The minimum atomic E-state index is -0.0427. The van der Waals surface area contributed by atoms with Crippen LogP contribution in [0.4, 0.5) is 0 Å². The summed E-state index contributed by atoms with van der Waals surface area (Å²) in [5, 5.41) is 5.10. The number of nitrogens with one attached hydrogen (secondary N) is 1. The summed E-state index contributed by atoms with van der Waals surface area (Å²) in [7, 11) is 0. The Morgan fingerprint density at radius 2 is 2.19 bits per heavy atom. The van der Waals surface area contributed by atoms with Crippen LogP contribution in [0.1, 0.15) is 42.7 Å². The van der Waals surface area contributed by atoms with E-state index in [2.05, 4.69) is 10.3 Å². The van der Waals surface area contributed by atoms with Crippen LogP contribution in [-0.4, -0.2) is 40.8 Å². The number of carbonyl (C=O) groups is 2. The molecule has 3 rings (SSSR count). The van der Waals surface area contributed by atoms with Gasteiger partial charge in [0.2, 0.25) is 5.91 Å². The second-order valence-electron chi connectivity index (χ2n) is 7.02. The summed E-state index contributed by atoms with van der Waals surface area (Å²) < 4.78 is 0. The Morgan fingerprint density at radius 3 is 2.93 bits per heavy atom. The van der Waals surface area contributed by atoms with Crippen LogP contribution in [0.25, 0.3) is 0 Å². The molecule has 1 aromatic carbocycles. The Labute approximate surface area is 168 Å². The first-order chi connectivity index (χ1) is 13.0. The summed E-state index contributed by atoms with van der Waals surface area (Å²) in [6.45, 7) is 5.08. The number of nitrogens with zero attached hydrogens (tertiary/aromatic N) is 2. The predicted octanol–water partition coefficient (Wildman–Crippen LogP) is 3.81. The molecule has 2 aromatic rings. The van der Waals surface area contributed by atoms with E-state index in [4.69, 9.17) is 0 Å². The molecule has 1 N–H and O–H groups in total. The van der Waals surface area contributed by atoms with E-state index >= 15 is 0 Å². The van der Waals surface area contributed by atoms with Crippen LogP contribution in [0.15, 0.2) is 40.1 Å². The highest BCUT2D eigenvalue weighted by atomic mass is 32.2. The molecule has 144 valence electrons. The molecular weight excluding hydrogens is 378 g/mol. The molecule has 2 heterocycles. The standard InChI is InChI=1S/C20H25N3O2S2/c1-14(2)19(24)22-15-6-5-9-23(10-15)20(25)17-7-3-4-8-18(17)27-12-16-11-26-13-21-16/h3-4,7-8,11,13-15H,5-6,9-10,12H2,1-2H3,(H,22,24). The van der Waals surface area contributed by atoms with Gasteiger partial charge in [-0.15, -0.1) is 23.1 Å². The molecule has 1 aliphatic rings. The van der Waals surface area contributed by atoms with E-state index < -0.39 is 0 Å². The maximum atomic E-state index is 13.1. The molecule has 0 radical (unpaired) electrons. The molecule has 0 saturated carbocycles. The van der Waals surface area contributed by atoms with E-state index in [0.717, 1.165) is 41.3 Å². The van der Waals surface area contributed by atoms with E-state index in [9.17, 15) is 9.59 Å². The second-order valence-corrected chi connectivity index (χ2v) is 8.75. The summed E-state index contributed by atoms with van der Waals surface area (Å²) in [5.41, 5.74) is 3.59. The van der Waals surface area contributed by atoms with Crippen LogP contribution in [0.3, 0.4) is 0 Å². The molecule has 2 amide bonds. The number of thioether (sulfide) groups is 1. The smallest absolute Gasteiger partial charge is 0.255 e. The highest BCUT2D eigenvalue weighted by Crippen LogP contribution is 2.28. The van der Waals surface area contributed by atoms with Gasteiger partial charge >= 0.3 is 0 Å². The lowest BCUT2D eigenvalue weighted by molar-refractivity contribution is -0.125. The van der Waals surface area contributed by atoms with Gasteiger partial charge in [-0.3, -0.25) is 9.59 Å². The number of thiazole rings is 1. The normalized spacial score (nSPS) is 17.1. The van der Waals surface area contributed by atoms with Gasteiger partial charge in [-0.2, -0.15) is 0 Å². The zero-order chi connectivity index (χ0) is 19.2. The molecule has 1 aliphatic heterocycles. The number of hydrogen-bond donors (Lipinski definition) is 1. The fourth-order valence-electron chi connectivity index (χ4n) is 3.05. The van der Waals surface area contributed by atoms with Crippen molar-refractivity contribution in [2.24, 2.45) is 5.92 Å². The molecule has 1 atom stereocenters. The molecule has 0 spiro atoms. The first kappa shape index (κ1) is 19.9. The van der Waals surface area contributed by atoms with Crippen molar-refractivity contribution in [1.82, 2.24) is 15.2 Å². The molecule has 5 nitrogen and oxygen atoms in total. The maximum absolute atomic E-state index is 13.1. The van der Waals surface area contributed by atoms with E-state index in [1.165, 1.54) is 0 Å². The number of benzene rings is 1. The summed E-state index contributed by atoms with van der Waals surface area (Å²) in [4.78, 5) is 32.3. The fraction of sp³-hybridized carbons (Fsp3) is 0.450. The third-order valence-electron chi connectivity index (χ3n) is 4.56. The molecule has 1 aromatic heterocycles. The van der Waals surface area contributed by atoms with E-state index in [1.54, 1.807) is 23.1 Å². The number of aromatic nitrogens is 1. The molecule has 1 unspecified atom stereocenters. The van der Waals surface area contributed by atoms with Crippen LogP contribution in [0, 0.1) is 5.92 Å². The van der Waals surface area contributed by atoms with Gasteiger partial charge in [0.25, 0.3) is 5.91 Å². The number of rotatable bonds is 6.